The van der Waals surface area contributed by atoms with Gasteiger partial charge in [0.2, 0.25) is 0 Å². The van der Waals surface area contributed by atoms with Gasteiger partial charge >= 0.3 is 5.97 Å². The number of hydrogen-bond donors (Lipinski definition) is 1. The van der Waals surface area contributed by atoms with Crippen LogP contribution in [0.3, 0.4) is 0 Å². The van der Waals surface area contributed by atoms with Crippen molar-refractivity contribution in [3.05, 3.63) is 0 Å². The number of piperidine rings is 1. The Balaban J connectivity index is 1.88. The predicted molar refractivity (Wildman–Crippen MR) is 88.9 cm³/mol. The zero-order valence-electron chi connectivity index (χ0n) is 14.4. The molecule has 5 nitrogen and oxygen atoms in total. The summed E-state index contributed by atoms with van der Waals surface area (Å²) in [5.41, 5.74) is 0.395. The molecule has 0 bridgehead atoms. The summed E-state index contributed by atoms with van der Waals surface area (Å²) in [5.74, 6) is 0.849. The fourth-order valence-corrected chi connectivity index (χ4v) is 3.65. The summed E-state index contributed by atoms with van der Waals surface area (Å²) >= 11 is 0. The Morgan fingerprint density at radius 1 is 1.36 bits per heavy atom. The van der Waals surface area contributed by atoms with Gasteiger partial charge in [0.25, 0.3) is 0 Å². The standard InChI is InChI=1S/C17H31N3O2/c1-4-22-15(21)14-8-7-11-20(12-14)16(18-3)19-13-17(2)9-5-6-10-17/h14H,4-13H2,1-3H3,(H,18,19). The van der Waals surface area contributed by atoms with E-state index >= 15 is 0 Å². The van der Waals surface area contributed by atoms with E-state index in [4.69, 9.17) is 4.74 Å². The van der Waals surface area contributed by atoms with Gasteiger partial charge in [-0.3, -0.25) is 9.79 Å². The number of aliphatic imine (C=N–C) groups is 1. The molecule has 1 saturated heterocycles. The maximum absolute atomic E-state index is 12.0. The molecule has 0 spiro atoms. The van der Waals surface area contributed by atoms with Gasteiger partial charge in [0.15, 0.2) is 5.96 Å². The second kappa shape index (κ2) is 7.84. The minimum absolute atomic E-state index is 0.0192. The highest BCUT2D eigenvalue weighted by Crippen LogP contribution is 2.36. The van der Waals surface area contributed by atoms with E-state index in [9.17, 15) is 4.79 Å². The average molecular weight is 309 g/mol. The summed E-state index contributed by atoms with van der Waals surface area (Å²) in [5, 5.41) is 3.54. The first-order valence-corrected chi connectivity index (χ1v) is 8.70. The molecule has 0 aromatic carbocycles. The minimum Gasteiger partial charge on any atom is -0.466 e. The molecule has 0 aromatic heterocycles. The molecular formula is C17H31N3O2. The molecule has 1 atom stereocenters. The first kappa shape index (κ1) is 17.1. The second-order valence-electron chi connectivity index (χ2n) is 6.96. The summed E-state index contributed by atoms with van der Waals surface area (Å²) in [4.78, 5) is 18.6. The van der Waals surface area contributed by atoms with Crippen LogP contribution in [0.5, 0.6) is 0 Å². The number of carbonyl (C=O) groups is 1. The highest BCUT2D eigenvalue weighted by molar-refractivity contribution is 5.81. The van der Waals surface area contributed by atoms with Crippen LogP contribution in [0, 0.1) is 11.3 Å². The van der Waals surface area contributed by atoms with Crippen LogP contribution in [0.2, 0.25) is 0 Å². The van der Waals surface area contributed by atoms with E-state index in [2.05, 4.69) is 22.1 Å². The molecule has 1 heterocycles. The topological polar surface area (TPSA) is 53.9 Å². The third-order valence-corrected chi connectivity index (χ3v) is 5.04. The molecule has 1 N–H and O–H groups in total. The van der Waals surface area contributed by atoms with Crippen LogP contribution in [0.25, 0.3) is 0 Å². The molecule has 0 amide bonds. The molecule has 126 valence electrons. The molecule has 1 unspecified atom stereocenters. The van der Waals surface area contributed by atoms with E-state index in [-0.39, 0.29) is 11.9 Å². The summed E-state index contributed by atoms with van der Waals surface area (Å²) in [6, 6.07) is 0. The van der Waals surface area contributed by atoms with Gasteiger partial charge in [0.05, 0.1) is 12.5 Å². The monoisotopic (exact) mass is 309 g/mol. The van der Waals surface area contributed by atoms with Gasteiger partial charge in [-0.1, -0.05) is 19.8 Å². The fourth-order valence-electron chi connectivity index (χ4n) is 3.65. The smallest absolute Gasteiger partial charge is 0.310 e. The van der Waals surface area contributed by atoms with Crippen molar-refractivity contribution in [1.29, 1.82) is 0 Å². The van der Waals surface area contributed by atoms with E-state index < -0.39 is 0 Å². The summed E-state index contributed by atoms with van der Waals surface area (Å²) in [6.07, 6.45) is 7.20. The Labute approximate surface area is 134 Å². The van der Waals surface area contributed by atoms with Crippen LogP contribution in [0.4, 0.5) is 0 Å². The Hall–Kier alpha value is -1.26. The first-order valence-electron chi connectivity index (χ1n) is 8.70. The Morgan fingerprint density at radius 2 is 2.09 bits per heavy atom. The lowest BCUT2D eigenvalue weighted by Gasteiger charge is -2.35. The van der Waals surface area contributed by atoms with Gasteiger partial charge in [0.1, 0.15) is 0 Å². The molecule has 1 aliphatic heterocycles. The van der Waals surface area contributed by atoms with E-state index in [1.807, 2.05) is 14.0 Å². The van der Waals surface area contributed by atoms with E-state index in [1.54, 1.807) is 0 Å². The lowest BCUT2D eigenvalue weighted by atomic mass is 9.89. The SMILES string of the molecule is CCOC(=O)C1CCCN(C(=NC)NCC2(C)CCCC2)C1. The quantitative estimate of drug-likeness (QED) is 0.492. The van der Waals surface area contributed by atoms with Gasteiger partial charge in [-0.25, -0.2) is 0 Å². The van der Waals surface area contributed by atoms with Crippen LogP contribution in [-0.4, -0.2) is 50.1 Å². The number of nitrogens with one attached hydrogen (secondary N) is 1. The molecule has 0 aromatic rings. The zero-order chi connectivity index (χ0) is 16.0. The number of carbonyl (C=O) groups excluding carboxylic acids is 1. The second-order valence-corrected chi connectivity index (χ2v) is 6.96. The Kier molecular flexibility index (Phi) is 6.09. The third-order valence-electron chi connectivity index (χ3n) is 5.04. The van der Waals surface area contributed by atoms with Gasteiger partial charge in [0, 0.05) is 26.7 Å². The van der Waals surface area contributed by atoms with Gasteiger partial charge in [-0.05, 0) is 38.0 Å². The van der Waals surface area contributed by atoms with Crippen LogP contribution < -0.4 is 5.32 Å². The van der Waals surface area contributed by atoms with Gasteiger partial charge < -0.3 is 15.0 Å². The highest BCUT2D eigenvalue weighted by atomic mass is 16.5. The number of hydrogen-bond acceptors (Lipinski definition) is 3. The average Bonchev–Trinajstić information content (AvgIpc) is 2.95. The molecule has 1 aliphatic carbocycles. The molecule has 22 heavy (non-hydrogen) atoms. The first-order chi connectivity index (χ1) is 10.6. The number of likely N-dealkylation sites (tertiary alicyclic amines) is 1. The Morgan fingerprint density at radius 3 is 2.73 bits per heavy atom. The number of esters is 1. The van der Waals surface area contributed by atoms with Crippen molar-refractivity contribution >= 4 is 11.9 Å². The normalized spacial score (nSPS) is 25.1. The molecular weight excluding hydrogens is 278 g/mol. The number of guanidine groups is 1. The number of ether oxygens (including phenoxy) is 1. The highest BCUT2D eigenvalue weighted by Gasteiger charge is 2.31. The zero-order valence-corrected chi connectivity index (χ0v) is 14.4. The largest absolute Gasteiger partial charge is 0.466 e. The van der Waals surface area contributed by atoms with Gasteiger partial charge in [-0.2, -0.15) is 0 Å². The molecule has 1 saturated carbocycles. The number of nitrogens with zero attached hydrogens (tertiary/aromatic N) is 2. The van der Waals surface area contributed by atoms with Crippen molar-refractivity contribution in [3.63, 3.8) is 0 Å². The summed E-state index contributed by atoms with van der Waals surface area (Å²) in [6.45, 7) is 7.33. The summed E-state index contributed by atoms with van der Waals surface area (Å²) in [7, 11) is 1.83. The van der Waals surface area contributed by atoms with Crippen molar-refractivity contribution in [2.24, 2.45) is 16.3 Å². The van der Waals surface area contributed by atoms with Crippen molar-refractivity contribution in [1.82, 2.24) is 10.2 Å². The van der Waals surface area contributed by atoms with Crippen molar-refractivity contribution in [2.75, 3.05) is 33.3 Å². The lowest BCUT2D eigenvalue weighted by Crippen LogP contribution is -2.50. The third kappa shape index (κ3) is 4.37. The Bertz CT molecular complexity index is 403. The summed E-state index contributed by atoms with van der Waals surface area (Å²) < 4.78 is 5.17. The number of rotatable bonds is 4. The maximum Gasteiger partial charge on any atom is 0.310 e. The molecule has 2 fully saturated rings. The maximum atomic E-state index is 12.0. The van der Waals surface area contributed by atoms with E-state index in [1.165, 1.54) is 25.7 Å². The van der Waals surface area contributed by atoms with Crippen LogP contribution in [0.1, 0.15) is 52.4 Å². The van der Waals surface area contributed by atoms with E-state index in [0.717, 1.165) is 38.4 Å². The molecule has 5 heteroatoms. The van der Waals surface area contributed by atoms with Crippen LogP contribution in [0.15, 0.2) is 4.99 Å². The molecule has 2 rings (SSSR count). The van der Waals surface area contributed by atoms with Crippen molar-refractivity contribution < 1.29 is 9.53 Å². The predicted octanol–water partition coefficient (Wildman–Crippen LogP) is 2.42. The minimum atomic E-state index is -0.0644. The molecule has 2 aliphatic rings. The van der Waals surface area contributed by atoms with Crippen LogP contribution >= 0.6 is 0 Å². The lowest BCUT2D eigenvalue weighted by molar-refractivity contribution is -0.149. The van der Waals surface area contributed by atoms with Crippen molar-refractivity contribution in [3.8, 4) is 0 Å². The fraction of sp³-hybridized carbons (Fsp3) is 0.882. The van der Waals surface area contributed by atoms with Crippen molar-refractivity contribution in [2.45, 2.75) is 52.4 Å². The van der Waals surface area contributed by atoms with Gasteiger partial charge in [-0.15, -0.1) is 0 Å². The molecule has 0 radical (unpaired) electrons. The van der Waals surface area contributed by atoms with Crippen LogP contribution in [-0.2, 0) is 9.53 Å². The van der Waals surface area contributed by atoms with E-state index in [0.29, 0.717) is 12.0 Å².